The topological polar surface area (TPSA) is 69.3 Å². The summed E-state index contributed by atoms with van der Waals surface area (Å²) in [6, 6.07) is 11.1. The van der Waals surface area contributed by atoms with Crippen molar-refractivity contribution in [3.05, 3.63) is 71.7 Å². The lowest BCUT2D eigenvalue weighted by Crippen LogP contribution is -2.35. The maximum atomic E-state index is 14.1. The average Bonchev–Trinajstić information content (AvgIpc) is 3.40. The van der Waals surface area contributed by atoms with Crippen LogP contribution in [0.4, 0.5) is 18.9 Å². The van der Waals surface area contributed by atoms with Crippen LogP contribution in [0.2, 0.25) is 0 Å². The Morgan fingerprint density at radius 3 is 2.70 bits per heavy atom. The number of rotatable bonds is 7. The number of nitrogens with one attached hydrogen (secondary N) is 1. The Morgan fingerprint density at radius 1 is 1.15 bits per heavy atom. The van der Waals surface area contributed by atoms with Gasteiger partial charge in [0.25, 0.3) is 0 Å². The first-order valence-corrected chi connectivity index (χ1v) is 10.6. The van der Waals surface area contributed by atoms with E-state index in [0.29, 0.717) is 30.6 Å². The van der Waals surface area contributed by atoms with E-state index in [4.69, 9.17) is 0 Å². The first-order valence-electron chi connectivity index (χ1n) is 10.6. The van der Waals surface area contributed by atoms with Gasteiger partial charge in [-0.3, -0.25) is 14.7 Å². The van der Waals surface area contributed by atoms with Crippen molar-refractivity contribution in [3.63, 3.8) is 0 Å². The molecule has 33 heavy (non-hydrogen) atoms. The third-order valence-corrected chi connectivity index (χ3v) is 5.74. The molecule has 2 aromatic carbocycles. The molecule has 1 unspecified atom stereocenters. The largest absolute Gasteiger partial charge is 0.345 e. The predicted octanol–water partition coefficient (Wildman–Crippen LogP) is 3.94. The number of halogens is 3. The van der Waals surface area contributed by atoms with Crippen molar-refractivity contribution in [2.24, 2.45) is 5.92 Å². The Morgan fingerprint density at radius 2 is 1.94 bits per heavy atom. The van der Waals surface area contributed by atoms with Crippen LogP contribution in [0.15, 0.2) is 48.5 Å². The molecule has 1 saturated heterocycles. The van der Waals surface area contributed by atoms with Gasteiger partial charge in [0.15, 0.2) is 0 Å². The molecule has 0 spiro atoms. The first kappa shape index (κ1) is 22.6. The number of amides is 2. The minimum atomic E-state index is -0.832. The van der Waals surface area contributed by atoms with Gasteiger partial charge < -0.3 is 9.80 Å². The fourth-order valence-corrected chi connectivity index (χ4v) is 4.02. The number of H-pyrrole nitrogens is 1. The number of aryl methyl sites for hydroxylation is 1. The van der Waals surface area contributed by atoms with Crippen molar-refractivity contribution in [1.82, 2.24) is 15.1 Å². The van der Waals surface area contributed by atoms with Crippen molar-refractivity contribution in [3.8, 4) is 11.3 Å². The van der Waals surface area contributed by atoms with Crippen LogP contribution in [-0.4, -0.2) is 47.0 Å². The number of nitrogens with zero attached hydrogens (tertiary/aromatic N) is 3. The third kappa shape index (κ3) is 5.08. The molecule has 0 aliphatic carbocycles. The van der Waals surface area contributed by atoms with Crippen molar-refractivity contribution in [2.45, 2.75) is 19.3 Å². The van der Waals surface area contributed by atoms with Gasteiger partial charge in [-0.05, 0) is 43.2 Å². The van der Waals surface area contributed by atoms with E-state index in [0.717, 1.165) is 17.8 Å². The Labute approximate surface area is 189 Å². The van der Waals surface area contributed by atoms with E-state index in [1.54, 1.807) is 24.1 Å². The molecule has 172 valence electrons. The first-order chi connectivity index (χ1) is 15.8. The molecule has 0 radical (unpaired) electrons. The SMILES string of the molecule is CN(CCCc1cc(-c2cccc(F)c2)n[nH]1)C(=O)C1CC(=O)N(c2ccc(F)cc2F)C1. The molecular weight excluding hydrogens is 433 g/mol. The average molecular weight is 456 g/mol. The molecule has 2 heterocycles. The Bertz CT molecular complexity index is 1180. The lowest BCUT2D eigenvalue weighted by molar-refractivity contribution is -0.134. The maximum absolute atomic E-state index is 14.1. The Kier molecular flexibility index (Phi) is 6.48. The summed E-state index contributed by atoms with van der Waals surface area (Å²) in [5.41, 5.74) is 2.17. The second kappa shape index (κ2) is 9.48. The summed E-state index contributed by atoms with van der Waals surface area (Å²) in [4.78, 5) is 27.9. The van der Waals surface area contributed by atoms with Gasteiger partial charge in [-0.2, -0.15) is 5.10 Å². The van der Waals surface area contributed by atoms with Crippen LogP contribution >= 0.6 is 0 Å². The second-order valence-electron chi connectivity index (χ2n) is 8.15. The zero-order valence-electron chi connectivity index (χ0n) is 18.0. The molecule has 0 bridgehead atoms. The normalized spacial score (nSPS) is 15.8. The van der Waals surface area contributed by atoms with Crippen LogP contribution in [0.1, 0.15) is 18.5 Å². The summed E-state index contributed by atoms with van der Waals surface area (Å²) in [6.07, 6.45) is 1.28. The summed E-state index contributed by atoms with van der Waals surface area (Å²) >= 11 is 0. The monoisotopic (exact) mass is 456 g/mol. The number of aromatic nitrogens is 2. The minimum absolute atomic E-state index is 0.0163. The second-order valence-corrected chi connectivity index (χ2v) is 8.15. The van der Waals surface area contributed by atoms with Gasteiger partial charge in [0.2, 0.25) is 11.8 Å². The van der Waals surface area contributed by atoms with E-state index in [9.17, 15) is 22.8 Å². The molecule has 1 aromatic heterocycles. The van der Waals surface area contributed by atoms with Gasteiger partial charge in [0.1, 0.15) is 17.5 Å². The van der Waals surface area contributed by atoms with Crippen LogP contribution in [-0.2, 0) is 16.0 Å². The lowest BCUT2D eigenvalue weighted by atomic mass is 10.1. The molecule has 1 N–H and O–H groups in total. The predicted molar refractivity (Wildman–Crippen MR) is 117 cm³/mol. The van der Waals surface area contributed by atoms with Crippen LogP contribution in [0.25, 0.3) is 11.3 Å². The molecule has 6 nitrogen and oxygen atoms in total. The maximum Gasteiger partial charge on any atom is 0.227 e. The fourth-order valence-electron chi connectivity index (χ4n) is 4.02. The molecule has 1 aliphatic heterocycles. The summed E-state index contributed by atoms with van der Waals surface area (Å²) in [5.74, 6) is -3.03. The molecule has 1 atom stereocenters. The molecule has 2 amide bonds. The number of carbonyl (C=O) groups is 2. The van der Waals surface area contributed by atoms with Crippen LogP contribution in [0.5, 0.6) is 0 Å². The summed E-state index contributed by atoms with van der Waals surface area (Å²) < 4.78 is 40.6. The Hall–Kier alpha value is -3.62. The lowest BCUT2D eigenvalue weighted by Gasteiger charge is -2.21. The molecule has 1 aliphatic rings. The zero-order chi connectivity index (χ0) is 23.5. The number of hydrogen-bond donors (Lipinski definition) is 1. The number of carbonyl (C=O) groups excluding carboxylic acids is 2. The van der Waals surface area contributed by atoms with Gasteiger partial charge in [0, 0.05) is 43.9 Å². The van der Waals surface area contributed by atoms with E-state index < -0.39 is 17.6 Å². The van der Waals surface area contributed by atoms with Crippen molar-refractivity contribution < 1.29 is 22.8 Å². The van der Waals surface area contributed by atoms with Crippen LogP contribution in [0, 0.1) is 23.4 Å². The highest BCUT2D eigenvalue weighted by Gasteiger charge is 2.37. The summed E-state index contributed by atoms with van der Waals surface area (Å²) in [6.45, 7) is 0.519. The van der Waals surface area contributed by atoms with Gasteiger partial charge in [-0.25, -0.2) is 13.2 Å². The fraction of sp³-hybridized carbons (Fsp3) is 0.292. The van der Waals surface area contributed by atoms with E-state index in [2.05, 4.69) is 10.2 Å². The smallest absolute Gasteiger partial charge is 0.227 e. The molecule has 9 heteroatoms. The zero-order valence-corrected chi connectivity index (χ0v) is 18.0. The van der Waals surface area contributed by atoms with Gasteiger partial charge in [-0.1, -0.05) is 12.1 Å². The van der Waals surface area contributed by atoms with E-state index >= 15 is 0 Å². The molecule has 1 fully saturated rings. The van der Waals surface area contributed by atoms with Gasteiger partial charge in [-0.15, -0.1) is 0 Å². The van der Waals surface area contributed by atoms with E-state index in [1.165, 1.54) is 23.1 Å². The number of anilines is 1. The highest BCUT2D eigenvalue weighted by Crippen LogP contribution is 2.29. The number of hydrogen-bond acceptors (Lipinski definition) is 3. The Balaban J connectivity index is 1.30. The van der Waals surface area contributed by atoms with E-state index in [-0.39, 0.29) is 36.3 Å². The molecule has 0 saturated carbocycles. The van der Waals surface area contributed by atoms with Gasteiger partial charge >= 0.3 is 0 Å². The molecular formula is C24H23F3N4O2. The highest BCUT2D eigenvalue weighted by molar-refractivity contribution is 6.00. The molecule has 4 rings (SSSR count). The standard InChI is InChI=1S/C24H23F3N4O2/c1-30(9-3-6-19-13-21(29-28-19)15-4-2-5-17(25)10-15)24(33)16-11-23(32)31(14-16)22-8-7-18(26)12-20(22)27/h2,4-5,7-8,10,12-13,16H,3,6,9,11,14H2,1H3,(H,28,29). The van der Waals surface area contributed by atoms with E-state index in [1.807, 2.05) is 6.07 Å². The van der Waals surface area contributed by atoms with Crippen molar-refractivity contribution >= 4 is 17.5 Å². The quantitative estimate of drug-likeness (QED) is 0.586. The summed E-state index contributed by atoms with van der Waals surface area (Å²) in [7, 11) is 1.67. The van der Waals surface area contributed by atoms with Crippen molar-refractivity contribution in [2.75, 3.05) is 25.0 Å². The number of benzene rings is 2. The van der Waals surface area contributed by atoms with Crippen LogP contribution < -0.4 is 4.90 Å². The minimum Gasteiger partial charge on any atom is -0.345 e. The number of aromatic amines is 1. The molecule has 3 aromatic rings. The van der Waals surface area contributed by atoms with Crippen molar-refractivity contribution in [1.29, 1.82) is 0 Å². The summed E-state index contributed by atoms with van der Waals surface area (Å²) in [5, 5.41) is 7.14. The third-order valence-electron chi connectivity index (χ3n) is 5.74. The van der Waals surface area contributed by atoms with Gasteiger partial charge in [0.05, 0.1) is 17.3 Å². The highest BCUT2D eigenvalue weighted by atomic mass is 19.1. The van der Waals surface area contributed by atoms with Crippen LogP contribution in [0.3, 0.4) is 0 Å².